The van der Waals surface area contributed by atoms with Crippen LogP contribution >= 0.6 is 0 Å². The average molecular weight is 597 g/mol. The van der Waals surface area contributed by atoms with Gasteiger partial charge in [-0.25, -0.2) is 0 Å². The second kappa shape index (κ2) is 29.6. The van der Waals surface area contributed by atoms with Crippen LogP contribution in [0.3, 0.4) is 0 Å². The van der Waals surface area contributed by atoms with Gasteiger partial charge in [0.25, 0.3) is 0 Å². The van der Waals surface area contributed by atoms with Gasteiger partial charge in [-0.2, -0.15) is 19.4 Å². The summed E-state index contributed by atoms with van der Waals surface area (Å²) in [6.45, 7) is 4.54. The van der Waals surface area contributed by atoms with E-state index in [2.05, 4.69) is 23.6 Å². The van der Waals surface area contributed by atoms with Crippen molar-refractivity contribution in [3.8, 4) is 0 Å². The summed E-state index contributed by atoms with van der Waals surface area (Å²) in [6.07, 6.45) is 34.7. The highest BCUT2D eigenvalue weighted by Crippen LogP contribution is 2.22. The standard InChI is InChI=1S/C36H68O6/c1-3-5-7-9-11-13-15-17-19-21-23-25-27-29-33-31-32-34(40-36(38)42-41-35(37)39-33)30-28-26-24-22-20-18-16-14-12-10-8-6-4-2/h33-34H,3-32H2,1-2H3. The van der Waals surface area contributed by atoms with Crippen LogP contribution < -0.4 is 0 Å². The Labute approximate surface area is 259 Å². The van der Waals surface area contributed by atoms with E-state index >= 15 is 0 Å². The van der Waals surface area contributed by atoms with Crippen molar-refractivity contribution >= 4 is 12.3 Å². The molecule has 6 nitrogen and oxygen atoms in total. The summed E-state index contributed by atoms with van der Waals surface area (Å²) < 4.78 is 10.9. The second-order valence-electron chi connectivity index (χ2n) is 12.8. The summed E-state index contributed by atoms with van der Waals surface area (Å²) in [7, 11) is 0. The third-order valence-electron chi connectivity index (χ3n) is 8.77. The van der Waals surface area contributed by atoms with E-state index in [0.717, 1.165) is 38.5 Å². The van der Waals surface area contributed by atoms with Gasteiger partial charge in [0, 0.05) is 0 Å². The van der Waals surface area contributed by atoms with Gasteiger partial charge in [0.1, 0.15) is 12.2 Å². The van der Waals surface area contributed by atoms with Crippen molar-refractivity contribution < 1.29 is 28.8 Å². The molecular formula is C36H68O6. The topological polar surface area (TPSA) is 71.1 Å². The molecule has 1 aliphatic rings. The molecule has 1 saturated heterocycles. The van der Waals surface area contributed by atoms with Gasteiger partial charge in [0.2, 0.25) is 0 Å². The molecule has 1 fully saturated rings. The maximum atomic E-state index is 11.9. The van der Waals surface area contributed by atoms with E-state index in [0.29, 0.717) is 12.8 Å². The minimum atomic E-state index is -0.957. The van der Waals surface area contributed by atoms with Gasteiger partial charge in [0.15, 0.2) is 0 Å². The van der Waals surface area contributed by atoms with E-state index in [1.807, 2.05) is 0 Å². The molecule has 0 radical (unpaired) electrons. The van der Waals surface area contributed by atoms with Crippen molar-refractivity contribution in [1.29, 1.82) is 0 Å². The minimum Gasteiger partial charge on any atom is -0.428 e. The number of hydrogen-bond donors (Lipinski definition) is 0. The normalized spacial score (nSPS) is 17.8. The van der Waals surface area contributed by atoms with Crippen molar-refractivity contribution in [2.24, 2.45) is 0 Å². The zero-order valence-electron chi connectivity index (χ0n) is 27.8. The van der Waals surface area contributed by atoms with Crippen molar-refractivity contribution in [3.05, 3.63) is 0 Å². The molecule has 0 spiro atoms. The van der Waals surface area contributed by atoms with Gasteiger partial charge in [-0.05, 0) is 38.5 Å². The molecule has 2 atom stereocenters. The smallest absolute Gasteiger partial charge is 0.428 e. The highest BCUT2D eigenvalue weighted by Gasteiger charge is 2.25. The zero-order chi connectivity index (χ0) is 30.4. The third kappa shape index (κ3) is 25.1. The van der Waals surface area contributed by atoms with Crippen molar-refractivity contribution in [1.82, 2.24) is 0 Å². The van der Waals surface area contributed by atoms with Gasteiger partial charge in [-0.15, -0.1) is 0 Å². The number of unbranched alkanes of at least 4 members (excludes halogenated alkanes) is 24. The number of hydrogen-bond acceptors (Lipinski definition) is 6. The van der Waals surface area contributed by atoms with Crippen LogP contribution in [0.15, 0.2) is 0 Å². The number of carbonyl (C=O) groups is 2. The zero-order valence-corrected chi connectivity index (χ0v) is 27.8. The molecule has 0 N–H and O–H groups in total. The van der Waals surface area contributed by atoms with Gasteiger partial charge < -0.3 is 9.47 Å². The Kier molecular flexibility index (Phi) is 27.2. The van der Waals surface area contributed by atoms with Crippen molar-refractivity contribution in [2.75, 3.05) is 0 Å². The lowest BCUT2D eigenvalue weighted by Gasteiger charge is -2.23. The Morgan fingerprint density at radius 3 is 0.905 bits per heavy atom. The summed E-state index contributed by atoms with van der Waals surface area (Å²) in [5.74, 6) is 0. The van der Waals surface area contributed by atoms with Crippen LogP contribution in [0.2, 0.25) is 0 Å². The van der Waals surface area contributed by atoms with E-state index < -0.39 is 12.3 Å². The highest BCUT2D eigenvalue weighted by atomic mass is 17.3. The predicted octanol–water partition coefficient (Wildman–Crippen LogP) is 12.7. The van der Waals surface area contributed by atoms with E-state index in [1.54, 1.807) is 0 Å². The van der Waals surface area contributed by atoms with E-state index in [1.165, 1.54) is 141 Å². The highest BCUT2D eigenvalue weighted by molar-refractivity contribution is 5.63. The fraction of sp³-hybridized carbons (Fsp3) is 0.944. The molecule has 0 saturated carbocycles. The first-order valence-corrected chi connectivity index (χ1v) is 18.4. The molecule has 2 unspecified atom stereocenters. The number of carbonyl (C=O) groups excluding carboxylic acids is 2. The first kappa shape index (κ1) is 38.6. The van der Waals surface area contributed by atoms with E-state index in [9.17, 15) is 9.59 Å². The van der Waals surface area contributed by atoms with Crippen molar-refractivity contribution in [3.63, 3.8) is 0 Å². The molecule has 1 aliphatic heterocycles. The Hall–Kier alpha value is -1.46. The van der Waals surface area contributed by atoms with E-state index in [-0.39, 0.29) is 12.2 Å². The average Bonchev–Trinajstić information content (AvgIpc) is 2.98. The predicted molar refractivity (Wildman–Crippen MR) is 173 cm³/mol. The van der Waals surface area contributed by atoms with Crippen LogP contribution in [0.5, 0.6) is 0 Å². The molecular weight excluding hydrogens is 528 g/mol. The largest absolute Gasteiger partial charge is 0.550 e. The molecule has 42 heavy (non-hydrogen) atoms. The summed E-state index contributed by atoms with van der Waals surface area (Å²) in [5.41, 5.74) is 0. The monoisotopic (exact) mass is 597 g/mol. The van der Waals surface area contributed by atoms with Crippen LogP contribution in [-0.2, 0) is 19.2 Å². The third-order valence-corrected chi connectivity index (χ3v) is 8.77. The second-order valence-corrected chi connectivity index (χ2v) is 12.8. The van der Waals surface area contributed by atoms with Crippen LogP contribution in [-0.4, -0.2) is 24.5 Å². The number of rotatable bonds is 28. The van der Waals surface area contributed by atoms with Crippen LogP contribution in [0.1, 0.15) is 206 Å². The fourth-order valence-electron chi connectivity index (χ4n) is 6.06. The molecule has 0 aliphatic carbocycles. The molecule has 0 aromatic carbocycles. The summed E-state index contributed by atoms with van der Waals surface area (Å²) >= 11 is 0. The lowest BCUT2D eigenvalue weighted by atomic mass is 9.99. The summed E-state index contributed by atoms with van der Waals surface area (Å²) in [6, 6.07) is 0. The van der Waals surface area contributed by atoms with E-state index in [4.69, 9.17) is 9.47 Å². The SMILES string of the molecule is CCCCCCCCCCCCCCCC1CCC(CCCCCCCCCCCCCCC)OC(=O)OOC(=O)O1. The van der Waals surface area contributed by atoms with Gasteiger partial charge in [-0.3, -0.25) is 0 Å². The Bertz CT molecular complexity index is 558. The molecule has 6 heteroatoms. The molecule has 0 amide bonds. The minimum absolute atomic E-state index is 0.222. The lowest BCUT2D eigenvalue weighted by Crippen LogP contribution is -2.27. The molecule has 1 rings (SSSR count). The molecule has 1 heterocycles. The van der Waals surface area contributed by atoms with Crippen molar-refractivity contribution in [2.45, 2.75) is 219 Å². The first-order chi connectivity index (χ1) is 20.7. The lowest BCUT2D eigenvalue weighted by molar-refractivity contribution is -0.229. The van der Waals surface area contributed by atoms with Gasteiger partial charge >= 0.3 is 12.3 Å². The van der Waals surface area contributed by atoms with Gasteiger partial charge in [0.05, 0.1) is 0 Å². The summed E-state index contributed by atoms with van der Waals surface area (Å²) in [4.78, 5) is 32.8. The first-order valence-electron chi connectivity index (χ1n) is 18.4. The molecule has 0 aromatic rings. The number of cyclic esters (lactones) is 2. The Morgan fingerprint density at radius 2 is 0.643 bits per heavy atom. The fourth-order valence-corrected chi connectivity index (χ4v) is 6.06. The molecule has 0 bridgehead atoms. The molecule has 248 valence electrons. The molecule has 0 aromatic heterocycles. The Morgan fingerprint density at radius 1 is 0.405 bits per heavy atom. The van der Waals surface area contributed by atoms with Gasteiger partial charge in [-0.1, -0.05) is 168 Å². The summed E-state index contributed by atoms with van der Waals surface area (Å²) in [5, 5.41) is 0. The number of ether oxygens (including phenoxy) is 2. The quantitative estimate of drug-likeness (QED) is 0.0508. The van der Waals surface area contributed by atoms with Crippen LogP contribution in [0.25, 0.3) is 0 Å². The maximum absolute atomic E-state index is 11.9. The van der Waals surface area contributed by atoms with Crippen LogP contribution in [0.4, 0.5) is 9.59 Å². The maximum Gasteiger partial charge on any atom is 0.550 e. The van der Waals surface area contributed by atoms with Crippen LogP contribution in [0, 0.1) is 0 Å². The Balaban J connectivity index is 2.12.